The molecular formula is C14H11F2IN2O3. The van der Waals surface area contributed by atoms with Gasteiger partial charge in [0.2, 0.25) is 0 Å². The highest BCUT2D eigenvalue weighted by Crippen LogP contribution is 2.46. The lowest BCUT2D eigenvalue weighted by Crippen LogP contribution is -2.27. The van der Waals surface area contributed by atoms with Crippen LogP contribution in [-0.2, 0) is 22.5 Å². The van der Waals surface area contributed by atoms with E-state index in [9.17, 15) is 13.6 Å². The van der Waals surface area contributed by atoms with Gasteiger partial charge in [-0.2, -0.15) is 5.10 Å². The highest BCUT2D eigenvalue weighted by Gasteiger charge is 2.53. The van der Waals surface area contributed by atoms with Crippen molar-refractivity contribution >= 4 is 28.7 Å². The lowest BCUT2D eigenvalue weighted by atomic mass is 10.2. The van der Waals surface area contributed by atoms with Crippen molar-refractivity contribution in [2.24, 2.45) is 0 Å². The zero-order valence-electron chi connectivity index (χ0n) is 11.2. The number of aromatic amines is 1. The van der Waals surface area contributed by atoms with Crippen molar-refractivity contribution in [3.05, 3.63) is 50.9 Å². The van der Waals surface area contributed by atoms with Crippen LogP contribution >= 0.6 is 22.6 Å². The largest absolute Gasteiger partial charge is 0.509 e. The Kier molecular flexibility index (Phi) is 4.02. The molecule has 1 heterocycles. The molecule has 1 aliphatic rings. The molecule has 0 unspecified atom stereocenters. The van der Waals surface area contributed by atoms with Crippen molar-refractivity contribution in [1.29, 1.82) is 0 Å². The summed E-state index contributed by atoms with van der Waals surface area (Å²) in [5.41, 5.74) is 1.26. The van der Waals surface area contributed by atoms with Crippen molar-refractivity contribution in [2.45, 2.75) is 25.1 Å². The van der Waals surface area contributed by atoms with Crippen molar-refractivity contribution in [1.82, 2.24) is 10.2 Å². The van der Waals surface area contributed by atoms with Gasteiger partial charge in [-0.1, -0.05) is 30.3 Å². The number of benzene rings is 1. The minimum Gasteiger partial charge on any atom is -0.429 e. The van der Waals surface area contributed by atoms with E-state index in [-0.39, 0.29) is 17.9 Å². The Balaban J connectivity index is 1.67. The molecule has 116 valence electrons. The van der Waals surface area contributed by atoms with Crippen LogP contribution in [0.2, 0.25) is 0 Å². The van der Waals surface area contributed by atoms with Crippen LogP contribution < -0.4 is 0 Å². The van der Waals surface area contributed by atoms with E-state index in [2.05, 4.69) is 10.2 Å². The number of ether oxygens (including phenoxy) is 2. The van der Waals surface area contributed by atoms with Crippen LogP contribution in [0.5, 0.6) is 0 Å². The number of carbonyl (C=O) groups is 1. The number of H-pyrrole nitrogens is 1. The van der Waals surface area contributed by atoms with Crippen LogP contribution in [0.25, 0.3) is 0 Å². The van der Waals surface area contributed by atoms with Crippen molar-refractivity contribution < 1.29 is 23.0 Å². The van der Waals surface area contributed by atoms with E-state index in [1.807, 2.05) is 28.7 Å². The van der Waals surface area contributed by atoms with Gasteiger partial charge in [0.15, 0.2) is 6.10 Å². The third kappa shape index (κ3) is 2.92. The second kappa shape index (κ2) is 5.82. The predicted molar refractivity (Wildman–Crippen MR) is 80.4 cm³/mol. The molecule has 1 aromatic heterocycles. The molecule has 0 aliphatic heterocycles. The molecular weight excluding hydrogens is 409 g/mol. The maximum atomic E-state index is 14.0. The Morgan fingerprint density at radius 1 is 1.41 bits per heavy atom. The Labute approximate surface area is 138 Å². The third-order valence-electron chi connectivity index (χ3n) is 3.31. The van der Waals surface area contributed by atoms with E-state index in [4.69, 9.17) is 9.47 Å². The molecule has 1 aliphatic carbocycles. The number of aromatic nitrogens is 2. The van der Waals surface area contributed by atoms with Gasteiger partial charge in [-0.15, -0.1) is 0 Å². The number of hydrogen-bond donors (Lipinski definition) is 1. The molecule has 3 rings (SSSR count). The molecule has 1 atom stereocenters. The fourth-order valence-corrected chi connectivity index (χ4v) is 3.02. The average molecular weight is 420 g/mol. The van der Waals surface area contributed by atoms with E-state index >= 15 is 0 Å². The van der Waals surface area contributed by atoms with Gasteiger partial charge in [-0.25, -0.2) is 13.6 Å². The Morgan fingerprint density at radius 3 is 2.86 bits per heavy atom. The summed E-state index contributed by atoms with van der Waals surface area (Å²) in [4.78, 5) is 11.7. The second-order valence-corrected chi connectivity index (χ2v) is 5.89. The summed E-state index contributed by atoms with van der Waals surface area (Å²) in [6.07, 6.45) is -3.33. The van der Waals surface area contributed by atoms with Crippen LogP contribution in [0.4, 0.5) is 13.6 Å². The molecule has 5 nitrogen and oxygen atoms in total. The monoisotopic (exact) mass is 420 g/mol. The molecule has 0 saturated carbocycles. The van der Waals surface area contributed by atoms with Crippen LogP contribution in [0.15, 0.2) is 30.3 Å². The Morgan fingerprint density at radius 2 is 2.14 bits per heavy atom. The highest BCUT2D eigenvalue weighted by molar-refractivity contribution is 14.1. The van der Waals surface area contributed by atoms with Gasteiger partial charge in [0, 0.05) is 5.69 Å². The number of rotatable bonds is 3. The number of hydrogen-bond acceptors (Lipinski definition) is 4. The molecule has 0 fully saturated rings. The standard InChI is InChI=1S/C14H11F2IN2O3/c15-14(16)6-9-10(12(17)19-18-9)11(14)22-13(20)21-7-8-4-2-1-3-5-8/h1-5,11H,6-7H2,(H,18,19)/t11-/m0/s1. The van der Waals surface area contributed by atoms with E-state index in [0.29, 0.717) is 3.70 Å². The maximum Gasteiger partial charge on any atom is 0.509 e. The minimum absolute atomic E-state index is 0.0344. The zero-order valence-corrected chi connectivity index (χ0v) is 13.3. The number of halogens is 3. The zero-order chi connectivity index (χ0) is 15.7. The quantitative estimate of drug-likeness (QED) is 0.609. The molecule has 1 N–H and O–H groups in total. The summed E-state index contributed by atoms with van der Waals surface area (Å²) < 4.78 is 38.0. The first-order valence-electron chi connectivity index (χ1n) is 6.45. The maximum absolute atomic E-state index is 14.0. The number of nitrogens with zero attached hydrogens (tertiary/aromatic N) is 1. The molecule has 0 amide bonds. The van der Waals surface area contributed by atoms with Gasteiger partial charge < -0.3 is 9.47 Å². The van der Waals surface area contributed by atoms with E-state index < -0.39 is 24.6 Å². The first-order chi connectivity index (χ1) is 10.5. The molecule has 1 aromatic carbocycles. The number of nitrogens with one attached hydrogen (secondary N) is 1. The van der Waals surface area contributed by atoms with E-state index in [1.54, 1.807) is 24.3 Å². The van der Waals surface area contributed by atoms with Crippen LogP contribution in [0, 0.1) is 3.70 Å². The summed E-state index contributed by atoms with van der Waals surface area (Å²) in [7, 11) is 0. The van der Waals surface area contributed by atoms with Crippen molar-refractivity contribution in [3.8, 4) is 0 Å². The van der Waals surface area contributed by atoms with Gasteiger partial charge in [-0.3, -0.25) is 5.10 Å². The van der Waals surface area contributed by atoms with E-state index in [1.165, 1.54) is 0 Å². The first-order valence-corrected chi connectivity index (χ1v) is 7.53. The van der Waals surface area contributed by atoms with Crippen molar-refractivity contribution in [3.63, 3.8) is 0 Å². The number of fused-ring (bicyclic) bond motifs is 1. The summed E-state index contributed by atoms with van der Waals surface area (Å²) in [5, 5.41) is 6.38. The van der Waals surface area contributed by atoms with Crippen LogP contribution in [0.1, 0.15) is 22.9 Å². The summed E-state index contributed by atoms with van der Waals surface area (Å²) in [6, 6.07) is 8.91. The number of carbonyl (C=O) groups excluding carboxylic acids is 1. The van der Waals surface area contributed by atoms with Gasteiger partial charge in [0.1, 0.15) is 10.3 Å². The fraction of sp³-hybridized carbons (Fsp3) is 0.286. The normalized spacial score (nSPS) is 18.8. The van der Waals surface area contributed by atoms with Gasteiger partial charge in [0.25, 0.3) is 5.92 Å². The summed E-state index contributed by atoms with van der Waals surface area (Å²) >= 11 is 1.82. The molecule has 0 radical (unpaired) electrons. The van der Waals surface area contributed by atoms with Crippen LogP contribution in [-0.4, -0.2) is 22.3 Å². The Bertz CT molecular complexity index is 691. The van der Waals surface area contributed by atoms with E-state index in [0.717, 1.165) is 5.56 Å². The average Bonchev–Trinajstić information content (AvgIpc) is 2.95. The summed E-state index contributed by atoms with van der Waals surface area (Å²) in [6.45, 7) is -0.0344. The second-order valence-electron chi connectivity index (χ2n) is 4.87. The molecule has 0 bridgehead atoms. The topological polar surface area (TPSA) is 64.2 Å². The molecule has 0 spiro atoms. The summed E-state index contributed by atoms with van der Waals surface area (Å²) in [5.74, 6) is -3.17. The molecule has 22 heavy (non-hydrogen) atoms. The lowest BCUT2D eigenvalue weighted by Gasteiger charge is -2.19. The number of alkyl halides is 2. The molecule has 2 aromatic rings. The first kappa shape index (κ1) is 15.2. The van der Waals surface area contributed by atoms with Crippen LogP contribution in [0.3, 0.4) is 0 Å². The third-order valence-corrected chi connectivity index (χ3v) is 4.13. The van der Waals surface area contributed by atoms with Gasteiger partial charge >= 0.3 is 6.16 Å². The highest BCUT2D eigenvalue weighted by atomic mass is 127. The van der Waals surface area contributed by atoms with Crippen molar-refractivity contribution in [2.75, 3.05) is 0 Å². The Hall–Kier alpha value is -1.71. The van der Waals surface area contributed by atoms with Gasteiger partial charge in [-0.05, 0) is 28.2 Å². The predicted octanol–water partition coefficient (Wildman–Crippen LogP) is 3.60. The smallest absolute Gasteiger partial charge is 0.429 e. The molecule has 0 saturated heterocycles. The molecule has 8 heteroatoms. The minimum atomic E-state index is -3.17. The lowest BCUT2D eigenvalue weighted by molar-refractivity contribution is -0.116. The fourth-order valence-electron chi connectivity index (χ4n) is 2.29. The SMILES string of the molecule is O=C(OCc1ccccc1)O[C@H]1c2c(I)n[nH]c2CC1(F)F. The van der Waals surface area contributed by atoms with Gasteiger partial charge in [0.05, 0.1) is 12.0 Å².